The Labute approximate surface area is 206 Å². The number of carbonyl (C=O) groups excluding carboxylic acids is 1. The van der Waals surface area contributed by atoms with Gasteiger partial charge < -0.3 is 15.0 Å². The molecular formula is C27H35N5O3. The van der Waals surface area contributed by atoms with Gasteiger partial charge in [-0.25, -0.2) is 9.78 Å². The molecular weight excluding hydrogens is 442 g/mol. The summed E-state index contributed by atoms with van der Waals surface area (Å²) in [6, 6.07) is 14.8. The lowest BCUT2D eigenvalue weighted by Crippen LogP contribution is -2.56. The van der Waals surface area contributed by atoms with Crippen LogP contribution in [0.5, 0.6) is 5.75 Å². The zero-order valence-corrected chi connectivity index (χ0v) is 21.0. The van der Waals surface area contributed by atoms with E-state index in [2.05, 4.69) is 31.0 Å². The van der Waals surface area contributed by atoms with Crippen molar-refractivity contribution in [2.45, 2.75) is 52.2 Å². The van der Waals surface area contributed by atoms with Crippen LogP contribution in [0.2, 0.25) is 0 Å². The van der Waals surface area contributed by atoms with Crippen molar-refractivity contribution in [1.82, 2.24) is 19.4 Å². The summed E-state index contributed by atoms with van der Waals surface area (Å²) in [7, 11) is 1.61. The fourth-order valence-electron chi connectivity index (χ4n) is 4.95. The number of carbonyl (C=O) groups is 1. The van der Waals surface area contributed by atoms with E-state index in [0.29, 0.717) is 43.0 Å². The van der Waals surface area contributed by atoms with Gasteiger partial charge in [-0.3, -0.25) is 14.3 Å². The minimum Gasteiger partial charge on any atom is -0.497 e. The van der Waals surface area contributed by atoms with Gasteiger partial charge in [-0.1, -0.05) is 32.0 Å². The highest BCUT2D eigenvalue weighted by molar-refractivity contribution is 5.89. The van der Waals surface area contributed by atoms with Crippen molar-refractivity contribution in [2.75, 3.05) is 32.1 Å². The van der Waals surface area contributed by atoms with Crippen molar-refractivity contribution >= 4 is 22.6 Å². The Hall–Kier alpha value is -3.39. The van der Waals surface area contributed by atoms with Crippen molar-refractivity contribution in [3.8, 4) is 5.75 Å². The number of amides is 2. The van der Waals surface area contributed by atoms with Gasteiger partial charge in [-0.15, -0.1) is 0 Å². The maximum absolute atomic E-state index is 13.3. The lowest BCUT2D eigenvalue weighted by Gasteiger charge is -2.43. The predicted octanol–water partition coefficient (Wildman–Crippen LogP) is 4.50. The number of hydrogen-bond acceptors (Lipinski definition) is 5. The topological polar surface area (TPSA) is 79.7 Å². The molecule has 0 aliphatic carbocycles. The molecule has 186 valence electrons. The third-order valence-corrected chi connectivity index (χ3v) is 6.70. The maximum Gasteiger partial charge on any atom is 0.322 e. The molecule has 0 radical (unpaired) electrons. The molecule has 8 nitrogen and oxygen atoms in total. The summed E-state index contributed by atoms with van der Waals surface area (Å²) in [6.45, 7) is 8.93. The highest BCUT2D eigenvalue weighted by Gasteiger charge is 2.33. The second kappa shape index (κ2) is 10.9. The average Bonchev–Trinajstić information content (AvgIpc) is 2.87. The monoisotopic (exact) mass is 477 g/mol. The number of hydrogen-bond donors (Lipinski definition) is 1. The van der Waals surface area contributed by atoms with Gasteiger partial charge in [-0.05, 0) is 44.0 Å². The zero-order valence-electron chi connectivity index (χ0n) is 21.0. The van der Waals surface area contributed by atoms with E-state index < -0.39 is 0 Å². The van der Waals surface area contributed by atoms with Gasteiger partial charge >= 0.3 is 6.03 Å². The number of nitrogens with one attached hydrogen (secondary N) is 1. The van der Waals surface area contributed by atoms with E-state index in [1.165, 1.54) is 0 Å². The van der Waals surface area contributed by atoms with E-state index in [-0.39, 0.29) is 23.7 Å². The van der Waals surface area contributed by atoms with Crippen LogP contribution in [0, 0.1) is 0 Å². The number of aromatic nitrogens is 2. The van der Waals surface area contributed by atoms with Crippen LogP contribution in [0.1, 0.15) is 45.5 Å². The van der Waals surface area contributed by atoms with Crippen molar-refractivity contribution in [3.05, 3.63) is 64.7 Å². The quantitative estimate of drug-likeness (QED) is 0.542. The SMILES string of the molecule is CCCn1c(C(CC)N2CCN(C(=O)Nc3cccc(OC)c3)C(C)C2)nc2ccccc2c1=O. The van der Waals surface area contributed by atoms with Gasteiger partial charge in [0.15, 0.2) is 0 Å². The molecule has 0 spiro atoms. The van der Waals surface area contributed by atoms with Crippen molar-refractivity contribution < 1.29 is 9.53 Å². The third kappa shape index (κ3) is 5.17. The van der Waals surface area contributed by atoms with Gasteiger partial charge in [0.2, 0.25) is 0 Å². The van der Waals surface area contributed by atoms with Gasteiger partial charge in [0.05, 0.1) is 24.1 Å². The Morgan fingerprint density at radius 2 is 1.97 bits per heavy atom. The molecule has 4 rings (SSSR count). The lowest BCUT2D eigenvalue weighted by atomic mass is 10.1. The number of piperazine rings is 1. The first kappa shape index (κ1) is 24.7. The van der Waals surface area contributed by atoms with Crippen LogP contribution in [-0.2, 0) is 6.54 Å². The molecule has 1 fully saturated rings. The molecule has 8 heteroatoms. The molecule has 1 aliphatic heterocycles. The molecule has 2 aromatic carbocycles. The Balaban J connectivity index is 1.54. The number of nitrogens with zero attached hydrogens (tertiary/aromatic N) is 4. The molecule has 0 bridgehead atoms. The van der Waals surface area contributed by atoms with Crippen LogP contribution >= 0.6 is 0 Å². The number of ether oxygens (including phenoxy) is 1. The van der Waals surface area contributed by atoms with E-state index >= 15 is 0 Å². The smallest absolute Gasteiger partial charge is 0.322 e. The largest absolute Gasteiger partial charge is 0.497 e. The molecule has 0 saturated carbocycles. The number of anilines is 1. The molecule has 2 amide bonds. The highest BCUT2D eigenvalue weighted by Crippen LogP contribution is 2.27. The average molecular weight is 478 g/mol. The normalized spacial score (nSPS) is 17.4. The summed E-state index contributed by atoms with van der Waals surface area (Å²) >= 11 is 0. The van der Waals surface area contributed by atoms with Gasteiger partial charge in [-0.2, -0.15) is 0 Å². The zero-order chi connectivity index (χ0) is 24.9. The number of fused-ring (bicyclic) bond motifs is 1. The van der Waals surface area contributed by atoms with Gasteiger partial charge in [0, 0.05) is 44.0 Å². The van der Waals surface area contributed by atoms with Gasteiger partial charge in [0.25, 0.3) is 5.56 Å². The third-order valence-electron chi connectivity index (χ3n) is 6.70. The second-order valence-corrected chi connectivity index (χ2v) is 9.07. The van der Waals surface area contributed by atoms with Crippen molar-refractivity contribution in [3.63, 3.8) is 0 Å². The first-order valence-electron chi connectivity index (χ1n) is 12.4. The molecule has 35 heavy (non-hydrogen) atoms. The summed E-state index contributed by atoms with van der Waals surface area (Å²) in [4.78, 5) is 35.5. The molecule has 1 saturated heterocycles. The van der Waals surface area contributed by atoms with E-state index in [0.717, 1.165) is 24.2 Å². The van der Waals surface area contributed by atoms with Crippen LogP contribution in [0.15, 0.2) is 53.3 Å². The van der Waals surface area contributed by atoms with E-state index in [9.17, 15) is 9.59 Å². The molecule has 2 unspecified atom stereocenters. The van der Waals surface area contributed by atoms with Crippen LogP contribution in [0.25, 0.3) is 10.9 Å². The number of urea groups is 1. The fourth-order valence-corrected chi connectivity index (χ4v) is 4.95. The van der Waals surface area contributed by atoms with Gasteiger partial charge in [0.1, 0.15) is 11.6 Å². The van der Waals surface area contributed by atoms with Crippen molar-refractivity contribution in [2.24, 2.45) is 0 Å². The predicted molar refractivity (Wildman–Crippen MR) is 139 cm³/mol. The number of methoxy groups -OCH3 is 1. The Morgan fingerprint density at radius 1 is 1.17 bits per heavy atom. The highest BCUT2D eigenvalue weighted by atomic mass is 16.5. The molecule has 2 heterocycles. The molecule has 1 aromatic heterocycles. The molecule has 2 atom stereocenters. The summed E-state index contributed by atoms with van der Waals surface area (Å²) in [5.74, 6) is 1.52. The lowest BCUT2D eigenvalue weighted by molar-refractivity contribution is 0.0717. The maximum atomic E-state index is 13.3. The standard InChI is InChI=1S/C27H35N5O3/c1-5-14-32-25(29-23-13-8-7-12-22(23)26(32)33)24(6-2)30-15-16-31(19(3)18-30)27(34)28-20-10-9-11-21(17-20)35-4/h7-13,17,19,24H,5-6,14-16,18H2,1-4H3,(H,28,34). The minimum absolute atomic E-state index is 0.00454. The Kier molecular flexibility index (Phi) is 7.70. The summed E-state index contributed by atoms with van der Waals surface area (Å²) < 4.78 is 7.11. The molecule has 3 aromatic rings. The molecule has 1 aliphatic rings. The van der Waals surface area contributed by atoms with Crippen LogP contribution < -0.4 is 15.6 Å². The summed E-state index contributed by atoms with van der Waals surface area (Å²) in [5.41, 5.74) is 1.47. The first-order chi connectivity index (χ1) is 17.0. The number of para-hydroxylation sites is 1. The van der Waals surface area contributed by atoms with E-state index in [4.69, 9.17) is 9.72 Å². The summed E-state index contributed by atoms with van der Waals surface area (Å²) in [6.07, 6.45) is 1.69. The first-order valence-corrected chi connectivity index (χ1v) is 12.4. The minimum atomic E-state index is -0.120. The Bertz CT molecular complexity index is 1240. The van der Waals surface area contributed by atoms with Crippen LogP contribution in [-0.4, -0.2) is 58.2 Å². The molecule has 1 N–H and O–H groups in total. The van der Waals surface area contributed by atoms with Crippen LogP contribution in [0.4, 0.5) is 10.5 Å². The second-order valence-electron chi connectivity index (χ2n) is 9.07. The fraction of sp³-hybridized carbons (Fsp3) is 0.444. The van der Waals surface area contributed by atoms with E-state index in [1.54, 1.807) is 7.11 Å². The Morgan fingerprint density at radius 3 is 2.69 bits per heavy atom. The number of benzene rings is 2. The van der Waals surface area contributed by atoms with Crippen molar-refractivity contribution in [1.29, 1.82) is 0 Å². The van der Waals surface area contributed by atoms with E-state index in [1.807, 2.05) is 58.0 Å². The summed E-state index contributed by atoms with van der Waals surface area (Å²) in [5, 5.41) is 3.65. The number of rotatable bonds is 7. The van der Waals surface area contributed by atoms with Crippen LogP contribution in [0.3, 0.4) is 0 Å².